The van der Waals surface area contributed by atoms with E-state index < -0.39 is 0 Å². The zero-order valence-electron chi connectivity index (χ0n) is 20.7. The Labute approximate surface area is 208 Å². The first-order valence-corrected chi connectivity index (χ1v) is 12.2. The van der Waals surface area contributed by atoms with E-state index >= 15 is 0 Å². The fraction of sp³-hybridized carbons (Fsp3) is 0.542. The Morgan fingerprint density at radius 2 is 2.00 bits per heavy atom. The van der Waals surface area contributed by atoms with Crippen molar-refractivity contribution in [2.75, 3.05) is 45.7 Å². The molecule has 0 aromatic carbocycles. The standard InChI is InChI=1S/C24H33N7O5/c1-3-4-12-36-23-28-20(25)19-21(29-23)31(24(33)27-19)15-16-5-6-18(26-14-16)35-13-11-30-9-7-17(8-10-30)22(32)34-2/h5-6,14,17H,3-4,7-13,15H2,1-2H3,(H,27,33)(H2,25,28,29). The number of aromatic amines is 1. The summed E-state index contributed by atoms with van der Waals surface area (Å²) in [5.74, 6) is 0.544. The second kappa shape index (κ2) is 11.8. The van der Waals surface area contributed by atoms with Gasteiger partial charge in [-0.15, -0.1) is 0 Å². The first kappa shape index (κ1) is 25.4. The lowest BCUT2D eigenvalue weighted by Crippen LogP contribution is -2.38. The zero-order chi connectivity index (χ0) is 25.5. The number of carbonyl (C=O) groups is 1. The van der Waals surface area contributed by atoms with Crippen molar-refractivity contribution in [3.8, 4) is 11.9 Å². The van der Waals surface area contributed by atoms with E-state index in [2.05, 4.69) is 31.8 Å². The molecule has 12 heteroatoms. The number of nitrogen functional groups attached to an aromatic ring is 1. The predicted molar refractivity (Wildman–Crippen MR) is 133 cm³/mol. The number of pyridine rings is 1. The van der Waals surface area contributed by atoms with Crippen LogP contribution in [0.3, 0.4) is 0 Å². The molecule has 1 saturated heterocycles. The van der Waals surface area contributed by atoms with E-state index in [0.29, 0.717) is 30.3 Å². The molecule has 0 atom stereocenters. The molecule has 1 fully saturated rings. The van der Waals surface area contributed by atoms with E-state index in [4.69, 9.17) is 19.9 Å². The Morgan fingerprint density at radius 3 is 2.69 bits per heavy atom. The molecule has 36 heavy (non-hydrogen) atoms. The average molecular weight is 500 g/mol. The summed E-state index contributed by atoms with van der Waals surface area (Å²) in [5, 5.41) is 0. The molecule has 4 rings (SSSR count). The molecule has 12 nitrogen and oxygen atoms in total. The van der Waals surface area contributed by atoms with Gasteiger partial charge in [0.2, 0.25) is 5.88 Å². The van der Waals surface area contributed by atoms with Crippen LogP contribution in [0.2, 0.25) is 0 Å². The number of piperidine rings is 1. The predicted octanol–water partition coefficient (Wildman–Crippen LogP) is 1.59. The first-order chi connectivity index (χ1) is 17.5. The number of hydrogen-bond donors (Lipinski definition) is 2. The highest BCUT2D eigenvalue weighted by molar-refractivity contribution is 5.81. The van der Waals surface area contributed by atoms with Gasteiger partial charge in [0, 0.05) is 18.8 Å². The number of esters is 1. The van der Waals surface area contributed by atoms with Crippen molar-refractivity contribution in [2.45, 2.75) is 39.2 Å². The number of nitrogens with zero attached hydrogens (tertiary/aromatic N) is 5. The number of ether oxygens (including phenoxy) is 3. The number of anilines is 1. The molecule has 3 aromatic heterocycles. The molecule has 4 heterocycles. The van der Waals surface area contributed by atoms with Crippen molar-refractivity contribution in [1.29, 1.82) is 0 Å². The maximum absolute atomic E-state index is 12.6. The molecule has 1 aliphatic heterocycles. The lowest BCUT2D eigenvalue weighted by Gasteiger charge is -2.30. The van der Waals surface area contributed by atoms with Crippen LogP contribution >= 0.6 is 0 Å². The van der Waals surface area contributed by atoms with Gasteiger partial charge in [-0.2, -0.15) is 9.97 Å². The van der Waals surface area contributed by atoms with E-state index in [1.54, 1.807) is 12.3 Å². The van der Waals surface area contributed by atoms with Crippen molar-refractivity contribution in [2.24, 2.45) is 5.92 Å². The molecule has 0 saturated carbocycles. The molecule has 1 aliphatic rings. The minimum atomic E-state index is -0.340. The second-order valence-corrected chi connectivity index (χ2v) is 8.80. The number of aromatic nitrogens is 5. The van der Waals surface area contributed by atoms with E-state index in [-0.39, 0.29) is 36.0 Å². The van der Waals surface area contributed by atoms with Gasteiger partial charge in [-0.25, -0.2) is 9.78 Å². The number of carbonyl (C=O) groups excluding carboxylic acids is 1. The molecule has 0 aliphatic carbocycles. The van der Waals surface area contributed by atoms with E-state index in [9.17, 15) is 9.59 Å². The summed E-state index contributed by atoms with van der Waals surface area (Å²) in [6.45, 7) is 5.73. The fourth-order valence-electron chi connectivity index (χ4n) is 4.16. The molecule has 0 amide bonds. The number of hydrogen-bond acceptors (Lipinski definition) is 10. The summed E-state index contributed by atoms with van der Waals surface area (Å²) < 4.78 is 17.7. The number of likely N-dealkylation sites (tertiary alicyclic amines) is 1. The summed E-state index contributed by atoms with van der Waals surface area (Å²) in [7, 11) is 1.43. The van der Waals surface area contributed by atoms with Crippen molar-refractivity contribution in [1.82, 2.24) is 29.4 Å². The Kier molecular flexibility index (Phi) is 8.36. The van der Waals surface area contributed by atoms with Gasteiger partial charge in [0.1, 0.15) is 12.1 Å². The molecule has 3 aromatic rings. The molecule has 0 bridgehead atoms. The topological polar surface area (TPSA) is 150 Å². The number of fused-ring (bicyclic) bond motifs is 1. The van der Waals surface area contributed by atoms with Crippen LogP contribution in [0.5, 0.6) is 11.9 Å². The molecule has 3 N–H and O–H groups in total. The minimum absolute atomic E-state index is 0.00545. The minimum Gasteiger partial charge on any atom is -0.476 e. The van der Waals surface area contributed by atoms with Gasteiger partial charge >= 0.3 is 17.7 Å². The first-order valence-electron chi connectivity index (χ1n) is 12.2. The summed E-state index contributed by atoms with van der Waals surface area (Å²) in [4.78, 5) is 42.1. The Balaban J connectivity index is 1.33. The number of unbranched alkanes of at least 4 members (excludes halogenated alkanes) is 1. The highest BCUT2D eigenvalue weighted by Gasteiger charge is 2.25. The highest BCUT2D eigenvalue weighted by Crippen LogP contribution is 2.20. The summed E-state index contributed by atoms with van der Waals surface area (Å²) in [5.41, 5.74) is 7.25. The average Bonchev–Trinajstić information content (AvgIpc) is 3.20. The van der Waals surface area contributed by atoms with E-state index in [0.717, 1.165) is 50.9 Å². The van der Waals surface area contributed by atoms with Gasteiger partial charge in [-0.1, -0.05) is 19.4 Å². The van der Waals surface area contributed by atoms with Crippen molar-refractivity contribution < 1.29 is 19.0 Å². The molecule has 0 radical (unpaired) electrons. The van der Waals surface area contributed by atoms with Crippen LogP contribution in [0.1, 0.15) is 38.2 Å². The maximum atomic E-state index is 12.6. The van der Waals surface area contributed by atoms with Crippen molar-refractivity contribution in [3.05, 3.63) is 34.4 Å². The van der Waals surface area contributed by atoms with Crippen LogP contribution in [-0.4, -0.2) is 75.3 Å². The maximum Gasteiger partial charge on any atom is 0.328 e. The van der Waals surface area contributed by atoms with Crippen LogP contribution in [-0.2, 0) is 16.1 Å². The number of nitrogens with two attached hydrogens (primary N) is 1. The summed E-state index contributed by atoms with van der Waals surface area (Å²) in [6, 6.07) is 3.79. The van der Waals surface area contributed by atoms with Crippen LogP contribution < -0.4 is 20.9 Å². The molecule has 0 unspecified atom stereocenters. The van der Waals surface area contributed by atoms with Gasteiger partial charge in [0.05, 0.1) is 26.2 Å². The summed E-state index contributed by atoms with van der Waals surface area (Å²) in [6.07, 6.45) is 5.13. The number of rotatable bonds is 11. The zero-order valence-corrected chi connectivity index (χ0v) is 20.7. The fourth-order valence-corrected chi connectivity index (χ4v) is 4.16. The normalized spacial score (nSPS) is 14.7. The largest absolute Gasteiger partial charge is 0.476 e. The van der Waals surface area contributed by atoms with Gasteiger partial charge < -0.3 is 24.9 Å². The van der Waals surface area contributed by atoms with Crippen LogP contribution in [0.25, 0.3) is 11.2 Å². The second-order valence-electron chi connectivity index (χ2n) is 8.80. The lowest BCUT2D eigenvalue weighted by atomic mass is 9.97. The monoisotopic (exact) mass is 499 g/mol. The van der Waals surface area contributed by atoms with Crippen LogP contribution in [0.15, 0.2) is 23.1 Å². The third-order valence-corrected chi connectivity index (χ3v) is 6.28. The van der Waals surface area contributed by atoms with Gasteiger partial charge in [0.15, 0.2) is 11.5 Å². The number of imidazole rings is 1. The van der Waals surface area contributed by atoms with Crippen molar-refractivity contribution >= 4 is 23.0 Å². The number of nitrogens with one attached hydrogen (secondary N) is 1. The highest BCUT2D eigenvalue weighted by atomic mass is 16.5. The van der Waals surface area contributed by atoms with Gasteiger partial charge in [-0.05, 0) is 37.9 Å². The van der Waals surface area contributed by atoms with E-state index in [1.807, 2.05) is 6.07 Å². The smallest absolute Gasteiger partial charge is 0.328 e. The number of methoxy groups -OCH3 is 1. The van der Waals surface area contributed by atoms with Gasteiger partial charge in [-0.3, -0.25) is 14.3 Å². The SMILES string of the molecule is CCCCOc1nc(N)c2[nH]c(=O)n(Cc3ccc(OCCN4CCC(C(=O)OC)CC4)nc3)c2n1. The number of H-pyrrole nitrogens is 1. The Hall–Kier alpha value is -3.67. The molecule has 194 valence electrons. The van der Waals surface area contributed by atoms with Crippen molar-refractivity contribution in [3.63, 3.8) is 0 Å². The van der Waals surface area contributed by atoms with Crippen LogP contribution in [0.4, 0.5) is 5.82 Å². The van der Waals surface area contributed by atoms with E-state index in [1.165, 1.54) is 11.7 Å². The Bertz CT molecular complexity index is 1220. The molecule has 0 spiro atoms. The quantitative estimate of drug-likeness (QED) is 0.294. The van der Waals surface area contributed by atoms with Gasteiger partial charge in [0.25, 0.3) is 0 Å². The third-order valence-electron chi connectivity index (χ3n) is 6.28. The van der Waals surface area contributed by atoms with Crippen LogP contribution in [0, 0.1) is 5.92 Å². The molecular formula is C24H33N7O5. The molecular weight excluding hydrogens is 466 g/mol. The Morgan fingerprint density at radius 1 is 1.19 bits per heavy atom. The summed E-state index contributed by atoms with van der Waals surface area (Å²) >= 11 is 0. The third kappa shape index (κ3) is 6.11. The lowest BCUT2D eigenvalue weighted by molar-refractivity contribution is -0.147.